The van der Waals surface area contributed by atoms with E-state index in [2.05, 4.69) is 37.1 Å². The molecule has 1 heterocycles. The lowest BCUT2D eigenvalue weighted by Gasteiger charge is -2.01. The first-order valence-electron chi connectivity index (χ1n) is 2.97. The van der Waals surface area contributed by atoms with Crippen LogP contribution in [0.25, 0.3) is 0 Å². The van der Waals surface area contributed by atoms with Gasteiger partial charge in [-0.25, -0.2) is 9.97 Å². The number of hydrogen-bond acceptors (Lipinski definition) is 3. The number of aromatic nitrogens is 2. The molecule has 0 aliphatic carbocycles. The first kappa shape index (κ1) is 8.02. The minimum absolute atomic E-state index is 0.468. The van der Waals surface area contributed by atoms with Crippen molar-refractivity contribution in [2.75, 3.05) is 11.9 Å². The minimum Gasteiger partial charge on any atom is -0.358 e. The maximum Gasteiger partial charge on any atom is 0.144 e. The van der Waals surface area contributed by atoms with Crippen LogP contribution in [0.2, 0.25) is 0 Å². The lowest BCUT2D eigenvalue weighted by Crippen LogP contribution is -2.01. The number of nitrogens with one attached hydrogen (secondary N) is 1. The van der Waals surface area contributed by atoms with Crippen LogP contribution in [-0.4, -0.2) is 16.5 Å². The first-order valence-corrected chi connectivity index (χ1v) is 3.76. The van der Waals surface area contributed by atoms with Gasteiger partial charge in [0, 0.05) is 6.20 Å². The molecule has 0 amide bonds. The van der Waals surface area contributed by atoms with Crippen molar-refractivity contribution in [3.05, 3.63) is 17.0 Å². The quantitative estimate of drug-likeness (QED) is 0.750. The molecule has 0 unspecified atom stereocenters. The van der Waals surface area contributed by atoms with Crippen molar-refractivity contribution in [1.29, 1.82) is 0 Å². The average Bonchev–Trinajstić information content (AvgIpc) is 2.03. The fourth-order valence-electron chi connectivity index (χ4n) is 0.577. The molecule has 0 aliphatic heterocycles. The average molecular weight is 212 g/mol. The second-order valence-corrected chi connectivity index (χ2v) is 2.63. The number of halogens is 1. The van der Waals surface area contributed by atoms with Crippen molar-refractivity contribution >= 4 is 21.7 Å². The SMILES string of the molecule is C#CCNc1ncncc1Br. The van der Waals surface area contributed by atoms with Crippen LogP contribution < -0.4 is 5.32 Å². The summed E-state index contributed by atoms with van der Waals surface area (Å²) < 4.78 is 0.815. The van der Waals surface area contributed by atoms with E-state index in [1.807, 2.05) is 0 Å². The topological polar surface area (TPSA) is 37.8 Å². The molecule has 0 radical (unpaired) electrons. The Morgan fingerprint density at radius 2 is 2.55 bits per heavy atom. The molecule has 0 aliphatic rings. The summed E-state index contributed by atoms with van der Waals surface area (Å²) >= 11 is 3.27. The smallest absolute Gasteiger partial charge is 0.144 e. The zero-order valence-electron chi connectivity index (χ0n) is 5.71. The molecule has 1 aromatic heterocycles. The van der Waals surface area contributed by atoms with E-state index in [1.165, 1.54) is 6.33 Å². The highest BCUT2D eigenvalue weighted by atomic mass is 79.9. The van der Waals surface area contributed by atoms with Crippen LogP contribution in [0.3, 0.4) is 0 Å². The van der Waals surface area contributed by atoms with Crippen LogP contribution in [0.5, 0.6) is 0 Å². The number of rotatable bonds is 2. The van der Waals surface area contributed by atoms with Crippen LogP contribution in [0.15, 0.2) is 17.0 Å². The van der Waals surface area contributed by atoms with Crippen molar-refractivity contribution in [3.63, 3.8) is 0 Å². The van der Waals surface area contributed by atoms with Crippen LogP contribution in [0.4, 0.5) is 5.82 Å². The van der Waals surface area contributed by atoms with Crippen molar-refractivity contribution in [2.45, 2.75) is 0 Å². The Bertz CT molecular complexity index is 279. The second-order valence-electron chi connectivity index (χ2n) is 1.78. The Balaban J connectivity index is 2.71. The molecule has 1 aromatic rings. The molecule has 4 heteroatoms. The number of hydrogen-bond donors (Lipinski definition) is 1. The summed E-state index contributed by atoms with van der Waals surface area (Å²) in [6, 6.07) is 0. The lowest BCUT2D eigenvalue weighted by atomic mass is 10.5. The summed E-state index contributed by atoms with van der Waals surface area (Å²) in [6.45, 7) is 0.468. The Kier molecular flexibility index (Phi) is 2.87. The molecule has 0 aromatic carbocycles. The third-order valence-electron chi connectivity index (χ3n) is 1.03. The molecular formula is C7H6BrN3. The highest BCUT2D eigenvalue weighted by Gasteiger charge is 1.96. The standard InChI is InChI=1S/C7H6BrN3/c1-2-3-10-7-6(8)4-9-5-11-7/h1,4-5H,3H2,(H,9,10,11). The van der Waals surface area contributed by atoms with Crippen LogP contribution >= 0.6 is 15.9 Å². The van der Waals surface area contributed by atoms with Gasteiger partial charge in [0.2, 0.25) is 0 Å². The van der Waals surface area contributed by atoms with Gasteiger partial charge in [-0.3, -0.25) is 0 Å². The van der Waals surface area contributed by atoms with Gasteiger partial charge < -0.3 is 5.32 Å². The van der Waals surface area contributed by atoms with Crippen LogP contribution in [-0.2, 0) is 0 Å². The molecule has 56 valence electrons. The van der Waals surface area contributed by atoms with Crippen LogP contribution in [0, 0.1) is 12.3 Å². The van der Waals surface area contributed by atoms with Gasteiger partial charge in [0.05, 0.1) is 11.0 Å². The van der Waals surface area contributed by atoms with Gasteiger partial charge in [0.15, 0.2) is 0 Å². The molecule has 0 bridgehead atoms. The summed E-state index contributed by atoms with van der Waals surface area (Å²) in [7, 11) is 0. The molecule has 0 saturated heterocycles. The van der Waals surface area contributed by atoms with Gasteiger partial charge in [-0.15, -0.1) is 6.42 Å². The number of anilines is 1. The molecular weight excluding hydrogens is 206 g/mol. The monoisotopic (exact) mass is 211 g/mol. The summed E-state index contributed by atoms with van der Waals surface area (Å²) in [5.74, 6) is 3.17. The third kappa shape index (κ3) is 2.20. The largest absolute Gasteiger partial charge is 0.358 e. The Labute approximate surface area is 73.4 Å². The van der Waals surface area contributed by atoms with E-state index in [1.54, 1.807) is 6.20 Å². The fraction of sp³-hybridized carbons (Fsp3) is 0.143. The second kappa shape index (κ2) is 3.94. The maximum absolute atomic E-state index is 5.06. The Morgan fingerprint density at radius 1 is 1.73 bits per heavy atom. The molecule has 11 heavy (non-hydrogen) atoms. The van der Waals surface area contributed by atoms with E-state index in [9.17, 15) is 0 Å². The van der Waals surface area contributed by atoms with E-state index >= 15 is 0 Å². The highest BCUT2D eigenvalue weighted by Crippen LogP contribution is 2.15. The first-order chi connectivity index (χ1) is 5.34. The molecule has 3 nitrogen and oxygen atoms in total. The molecule has 0 atom stereocenters. The predicted octanol–water partition coefficient (Wildman–Crippen LogP) is 1.28. The van der Waals surface area contributed by atoms with E-state index in [0.717, 1.165) is 10.3 Å². The van der Waals surface area contributed by atoms with Gasteiger partial charge in [0.25, 0.3) is 0 Å². The molecule has 1 rings (SSSR count). The van der Waals surface area contributed by atoms with Gasteiger partial charge in [-0.1, -0.05) is 5.92 Å². The van der Waals surface area contributed by atoms with E-state index in [-0.39, 0.29) is 0 Å². The van der Waals surface area contributed by atoms with Gasteiger partial charge in [-0.2, -0.15) is 0 Å². The lowest BCUT2D eigenvalue weighted by molar-refractivity contribution is 1.13. The predicted molar refractivity (Wildman–Crippen MR) is 47.1 cm³/mol. The van der Waals surface area contributed by atoms with Gasteiger partial charge in [-0.05, 0) is 15.9 Å². The molecule has 0 fully saturated rings. The van der Waals surface area contributed by atoms with Gasteiger partial charge in [0.1, 0.15) is 12.1 Å². The van der Waals surface area contributed by atoms with Crippen LogP contribution in [0.1, 0.15) is 0 Å². The van der Waals surface area contributed by atoms with Crippen molar-refractivity contribution < 1.29 is 0 Å². The maximum atomic E-state index is 5.06. The zero-order valence-corrected chi connectivity index (χ0v) is 7.30. The van der Waals surface area contributed by atoms with Crippen molar-refractivity contribution in [1.82, 2.24) is 9.97 Å². The number of terminal acetylenes is 1. The van der Waals surface area contributed by atoms with E-state index in [0.29, 0.717) is 6.54 Å². The Morgan fingerprint density at radius 3 is 3.18 bits per heavy atom. The van der Waals surface area contributed by atoms with Crippen molar-refractivity contribution in [3.8, 4) is 12.3 Å². The summed E-state index contributed by atoms with van der Waals surface area (Å²) in [5, 5.41) is 2.93. The van der Waals surface area contributed by atoms with E-state index in [4.69, 9.17) is 6.42 Å². The normalized spacial score (nSPS) is 8.73. The summed E-state index contributed by atoms with van der Waals surface area (Å²) in [5.41, 5.74) is 0. The zero-order chi connectivity index (χ0) is 8.10. The van der Waals surface area contributed by atoms with Crippen molar-refractivity contribution in [2.24, 2.45) is 0 Å². The van der Waals surface area contributed by atoms with E-state index < -0.39 is 0 Å². The number of nitrogens with zero attached hydrogens (tertiary/aromatic N) is 2. The fourth-order valence-corrected chi connectivity index (χ4v) is 0.938. The minimum atomic E-state index is 0.468. The third-order valence-corrected chi connectivity index (χ3v) is 1.61. The summed E-state index contributed by atoms with van der Waals surface area (Å²) in [6.07, 6.45) is 8.18. The molecule has 0 spiro atoms. The summed E-state index contributed by atoms with van der Waals surface area (Å²) in [4.78, 5) is 7.75. The Hall–Kier alpha value is -1.08. The molecule has 0 saturated carbocycles. The molecule has 1 N–H and O–H groups in total. The highest BCUT2D eigenvalue weighted by molar-refractivity contribution is 9.10. The van der Waals surface area contributed by atoms with Gasteiger partial charge >= 0.3 is 0 Å².